The number of amides is 2. The van der Waals surface area contributed by atoms with Gasteiger partial charge in [0.15, 0.2) is 0 Å². The van der Waals surface area contributed by atoms with E-state index in [2.05, 4.69) is 5.32 Å². The van der Waals surface area contributed by atoms with E-state index in [0.717, 1.165) is 5.56 Å². The highest BCUT2D eigenvalue weighted by Gasteiger charge is 2.28. The molecule has 5 nitrogen and oxygen atoms in total. The zero-order valence-corrected chi connectivity index (χ0v) is 14.4. The van der Waals surface area contributed by atoms with Crippen LogP contribution in [0.5, 0.6) is 0 Å². The first-order valence-corrected chi connectivity index (χ1v) is 7.39. The zero-order chi connectivity index (χ0) is 16.9. The molecule has 122 valence electrons. The van der Waals surface area contributed by atoms with Gasteiger partial charge in [-0.15, -0.1) is 0 Å². The monoisotopic (exact) mass is 305 g/mol. The molecule has 0 aliphatic carbocycles. The molecular formula is C17H27N3O2. The summed E-state index contributed by atoms with van der Waals surface area (Å²) in [5, 5.41) is 2.92. The summed E-state index contributed by atoms with van der Waals surface area (Å²) in [5.41, 5.74) is 0.596. The lowest BCUT2D eigenvalue weighted by Crippen LogP contribution is -2.47. The van der Waals surface area contributed by atoms with Crippen molar-refractivity contribution in [3.63, 3.8) is 0 Å². The van der Waals surface area contributed by atoms with Crippen molar-refractivity contribution in [3.8, 4) is 0 Å². The number of nitrogens with zero attached hydrogens (tertiary/aromatic N) is 2. The topological polar surface area (TPSA) is 52.7 Å². The quantitative estimate of drug-likeness (QED) is 0.900. The molecule has 22 heavy (non-hydrogen) atoms. The standard InChI is InChI=1S/C17H27N3O2/c1-17(2,3)18-14(21)12-20(6)15(16(22)19(4)5)13-10-8-7-9-11-13/h7-11,15H,12H2,1-6H3,(H,18,21)/t15-/m0/s1. The number of likely N-dealkylation sites (N-methyl/N-ethyl adjacent to an activating group) is 2. The summed E-state index contributed by atoms with van der Waals surface area (Å²) in [6, 6.07) is 9.05. The molecule has 1 aromatic carbocycles. The third-order valence-electron chi connectivity index (χ3n) is 3.14. The third-order valence-corrected chi connectivity index (χ3v) is 3.14. The number of carbonyl (C=O) groups excluding carboxylic acids is 2. The highest BCUT2D eigenvalue weighted by Crippen LogP contribution is 2.21. The third kappa shape index (κ3) is 5.48. The van der Waals surface area contributed by atoms with Gasteiger partial charge in [-0.2, -0.15) is 0 Å². The zero-order valence-electron chi connectivity index (χ0n) is 14.4. The van der Waals surface area contributed by atoms with Crippen molar-refractivity contribution < 1.29 is 9.59 Å². The second-order valence-corrected chi connectivity index (χ2v) is 6.76. The molecular weight excluding hydrogens is 278 g/mol. The molecule has 0 saturated carbocycles. The van der Waals surface area contributed by atoms with Crippen molar-refractivity contribution in [2.45, 2.75) is 32.4 Å². The van der Waals surface area contributed by atoms with E-state index in [9.17, 15) is 9.59 Å². The molecule has 1 atom stereocenters. The van der Waals surface area contributed by atoms with Crippen molar-refractivity contribution in [1.29, 1.82) is 0 Å². The Hall–Kier alpha value is -1.88. The number of hydrogen-bond acceptors (Lipinski definition) is 3. The summed E-state index contributed by atoms with van der Waals surface area (Å²) in [6.07, 6.45) is 0. The molecule has 0 spiro atoms. The van der Waals surface area contributed by atoms with E-state index in [1.807, 2.05) is 51.1 Å². The largest absolute Gasteiger partial charge is 0.350 e. The number of carbonyl (C=O) groups is 2. The minimum Gasteiger partial charge on any atom is -0.350 e. The van der Waals surface area contributed by atoms with Gasteiger partial charge >= 0.3 is 0 Å². The Morgan fingerprint density at radius 3 is 2.09 bits per heavy atom. The summed E-state index contributed by atoms with van der Waals surface area (Å²) >= 11 is 0. The molecule has 0 unspecified atom stereocenters. The fourth-order valence-corrected chi connectivity index (χ4v) is 2.24. The lowest BCUT2D eigenvalue weighted by molar-refractivity contribution is -0.135. The summed E-state index contributed by atoms with van der Waals surface area (Å²) in [5.74, 6) is -0.139. The van der Waals surface area contributed by atoms with Gasteiger partial charge in [-0.05, 0) is 33.4 Å². The van der Waals surface area contributed by atoms with E-state index in [1.54, 1.807) is 30.9 Å². The normalized spacial score (nSPS) is 12.9. The first-order chi connectivity index (χ1) is 10.1. The van der Waals surface area contributed by atoms with E-state index >= 15 is 0 Å². The minimum absolute atomic E-state index is 0.0442. The van der Waals surface area contributed by atoms with Crippen LogP contribution in [0.15, 0.2) is 30.3 Å². The predicted octanol–water partition coefficient (Wildman–Crippen LogP) is 1.66. The van der Waals surface area contributed by atoms with E-state index in [4.69, 9.17) is 0 Å². The minimum atomic E-state index is -0.470. The van der Waals surface area contributed by atoms with Gasteiger partial charge in [0.05, 0.1) is 6.54 Å². The van der Waals surface area contributed by atoms with Gasteiger partial charge in [0, 0.05) is 19.6 Å². The predicted molar refractivity (Wildman–Crippen MR) is 88.4 cm³/mol. The van der Waals surface area contributed by atoms with Crippen molar-refractivity contribution in [1.82, 2.24) is 15.1 Å². The Kier molecular flexibility index (Phi) is 6.11. The van der Waals surface area contributed by atoms with Crippen LogP contribution < -0.4 is 5.32 Å². The van der Waals surface area contributed by atoms with Crippen molar-refractivity contribution in [2.75, 3.05) is 27.7 Å². The fourth-order valence-electron chi connectivity index (χ4n) is 2.24. The lowest BCUT2D eigenvalue weighted by atomic mass is 10.0. The van der Waals surface area contributed by atoms with Gasteiger partial charge in [-0.25, -0.2) is 0 Å². The van der Waals surface area contributed by atoms with Gasteiger partial charge in [-0.1, -0.05) is 30.3 Å². The van der Waals surface area contributed by atoms with Crippen LogP contribution >= 0.6 is 0 Å². The van der Waals surface area contributed by atoms with Crippen LogP contribution in [0, 0.1) is 0 Å². The van der Waals surface area contributed by atoms with Crippen LogP contribution in [0.4, 0.5) is 0 Å². The molecule has 5 heteroatoms. The maximum absolute atomic E-state index is 12.5. The molecule has 1 aromatic rings. The summed E-state index contributed by atoms with van der Waals surface area (Å²) in [6.45, 7) is 5.97. The summed E-state index contributed by atoms with van der Waals surface area (Å²) in [4.78, 5) is 28.0. The molecule has 0 bridgehead atoms. The van der Waals surface area contributed by atoms with Crippen LogP contribution in [-0.4, -0.2) is 54.8 Å². The lowest BCUT2D eigenvalue weighted by Gasteiger charge is -2.30. The Balaban J connectivity index is 2.92. The average molecular weight is 305 g/mol. The Labute approximate surface area is 133 Å². The summed E-state index contributed by atoms with van der Waals surface area (Å²) in [7, 11) is 5.24. The van der Waals surface area contributed by atoms with Crippen LogP contribution in [-0.2, 0) is 9.59 Å². The maximum atomic E-state index is 12.5. The van der Waals surface area contributed by atoms with E-state index in [1.165, 1.54) is 0 Å². The number of nitrogens with one attached hydrogen (secondary N) is 1. The molecule has 0 aromatic heterocycles. The Morgan fingerprint density at radius 2 is 1.64 bits per heavy atom. The molecule has 0 radical (unpaired) electrons. The number of hydrogen-bond donors (Lipinski definition) is 1. The molecule has 0 aliphatic heterocycles. The molecule has 1 N–H and O–H groups in total. The first-order valence-electron chi connectivity index (χ1n) is 7.39. The highest BCUT2D eigenvalue weighted by molar-refractivity contribution is 5.84. The highest BCUT2D eigenvalue weighted by atomic mass is 16.2. The van der Waals surface area contributed by atoms with Gasteiger partial charge in [0.25, 0.3) is 0 Å². The Bertz CT molecular complexity index is 506. The van der Waals surface area contributed by atoms with Crippen LogP contribution in [0.3, 0.4) is 0 Å². The molecule has 2 amide bonds. The van der Waals surface area contributed by atoms with Crippen LogP contribution in [0.2, 0.25) is 0 Å². The average Bonchev–Trinajstić information content (AvgIpc) is 2.37. The molecule has 0 aliphatic rings. The second kappa shape index (κ2) is 7.40. The van der Waals surface area contributed by atoms with Gasteiger partial charge in [0.1, 0.15) is 6.04 Å². The van der Waals surface area contributed by atoms with Crippen molar-refractivity contribution >= 4 is 11.8 Å². The van der Waals surface area contributed by atoms with E-state index < -0.39 is 6.04 Å². The van der Waals surface area contributed by atoms with Gasteiger partial charge in [0.2, 0.25) is 11.8 Å². The maximum Gasteiger partial charge on any atom is 0.244 e. The first kappa shape index (κ1) is 18.2. The number of rotatable bonds is 5. The molecule has 0 heterocycles. The van der Waals surface area contributed by atoms with Crippen molar-refractivity contribution in [3.05, 3.63) is 35.9 Å². The molecule has 0 saturated heterocycles. The van der Waals surface area contributed by atoms with Gasteiger partial charge in [-0.3, -0.25) is 14.5 Å². The van der Waals surface area contributed by atoms with Gasteiger partial charge < -0.3 is 10.2 Å². The second-order valence-electron chi connectivity index (χ2n) is 6.76. The SMILES string of the molecule is CN(C)C(=O)[C@H](c1ccccc1)N(C)CC(=O)NC(C)(C)C. The molecule has 0 fully saturated rings. The number of benzene rings is 1. The summed E-state index contributed by atoms with van der Waals surface area (Å²) < 4.78 is 0. The molecule has 1 rings (SSSR count). The smallest absolute Gasteiger partial charge is 0.244 e. The van der Waals surface area contributed by atoms with Crippen molar-refractivity contribution in [2.24, 2.45) is 0 Å². The van der Waals surface area contributed by atoms with Crippen LogP contribution in [0.25, 0.3) is 0 Å². The fraction of sp³-hybridized carbons (Fsp3) is 0.529. The van der Waals surface area contributed by atoms with Crippen LogP contribution in [0.1, 0.15) is 32.4 Å². The Morgan fingerprint density at radius 1 is 1.09 bits per heavy atom. The van der Waals surface area contributed by atoms with E-state index in [0.29, 0.717) is 0 Å². The van der Waals surface area contributed by atoms with E-state index in [-0.39, 0.29) is 23.9 Å².